The molecule has 0 bridgehead atoms. The van der Waals surface area contributed by atoms with Crippen LogP contribution in [-0.2, 0) is 12.8 Å². The van der Waals surface area contributed by atoms with Gasteiger partial charge in [0, 0.05) is 0 Å². The zero-order valence-corrected chi connectivity index (χ0v) is 9.14. The highest BCUT2D eigenvalue weighted by atomic mass is 14.1. The predicted molar refractivity (Wildman–Crippen MR) is 62.4 cm³/mol. The summed E-state index contributed by atoms with van der Waals surface area (Å²) in [5.41, 5.74) is 5.94. The lowest BCUT2D eigenvalue weighted by Gasteiger charge is -2.16. The predicted octanol–water partition coefficient (Wildman–Crippen LogP) is 3.99. The third-order valence-corrected chi connectivity index (χ3v) is 3.24. The topological polar surface area (TPSA) is 0 Å². The van der Waals surface area contributed by atoms with Gasteiger partial charge in [-0.2, -0.15) is 0 Å². The van der Waals surface area contributed by atoms with Gasteiger partial charge in [0.25, 0.3) is 0 Å². The first-order valence-corrected chi connectivity index (χ1v) is 5.56. The molecule has 0 spiro atoms. The van der Waals surface area contributed by atoms with E-state index in [0.717, 1.165) is 0 Å². The van der Waals surface area contributed by atoms with Crippen LogP contribution in [0.3, 0.4) is 0 Å². The second-order valence-corrected chi connectivity index (χ2v) is 4.16. The summed E-state index contributed by atoms with van der Waals surface area (Å²) in [4.78, 5) is 0. The number of rotatable bonds is 1. The standard InChI is InChI=1S/C14H18/c1-3-11(2)13-9-8-12-6-4-5-7-14(12)10-13/h3,8-10H,4-7H2,1-2H3/b11-3+. The normalized spacial score (nSPS) is 16.6. The monoisotopic (exact) mass is 186 g/mol. The third-order valence-electron chi connectivity index (χ3n) is 3.24. The van der Waals surface area contributed by atoms with Gasteiger partial charge in [0.2, 0.25) is 0 Å². The minimum absolute atomic E-state index is 1.28. The maximum Gasteiger partial charge on any atom is -0.0228 e. The molecule has 1 aliphatic carbocycles. The molecule has 0 saturated carbocycles. The Hall–Kier alpha value is -1.04. The van der Waals surface area contributed by atoms with E-state index in [0.29, 0.717) is 0 Å². The highest BCUT2D eigenvalue weighted by Gasteiger charge is 2.09. The van der Waals surface area contributed by atoms with Crippen LogP contribution < -0.4 is 0 Å². The highest BCUT2D eigenvalue weighted by molar-refractivity contribution is 5.64. The molecule has 0 heterocycles. The van der Waals surface area contributed by atoms with Gasteiger partial charge >= 0.3 is 0 Å². The molecule has 0 atom stereocenters. The Morgan fingerprint density at radius 2 is 1.86 bits per heavy atom. The molecule has 0 aromatic heterocycles. The van der Waals surface area contributed by atoms with E-state index in [-0.39, 0.29) is 0 Å². The lowest BCUT2D eigenvalue weighted by molar-refractivity contribution is 0.685. The number of aryl methyl sites for hydroxylation is 2. The number of benzene rings is 1. The van der Waals surface area contributed by atoms with Crippen LogP contribution in [0.4, 0.5) is 0 Å². The summed E-state index contributed by atoms with van der Waals surface area (Å²) in [7, 11) is 0. The number of allylic oxidation sites excluding steroid dienone is 2. The van der Waals surface area contributed by atoms with E-state index in [1.54, 1.807) is 11.1 Å². The van der Waals surface area contributed by atoms with Crippen molar-refractivity contribution in [2.24, 2.45) is 0 Å². The summed E-state index contributed by atoms with van der Waals surface area (Å²) in [5.74, 6) is 0. The van der Waals surface area contributed by atoms with Crippen molar-refractivity contribution in [3.05, 3.63) is 41.0 Å². The maximum atomic E-state index is 2.38. The molecule has 1 aromatic rings. The van der Waals surface area contributed by atoms with Crippen molar-refractivity contribution in [1.29, 1.82) is 0 Å². The summed E-state index contributed by atoms with van der Waals surface area (Å²) >= 11 is 0. The van der Waals surface area contributed by atoms with E-state index in [1.807, 2.05) is 0 Å². The first kappa shape index (κ1) is 9.51. The summed E-state index contributed by atoms with van der Waals surface area (Å²) in [6.07, 6.45) is 7.48. The minimum Gasteiger partial charge on any atom is -0.0841 e. The molecule has 0 N–H and O–H groups in total. The average molecular weight is 186 g/mol. The van der Waals surface area contributed by atoms with E-state index < -0.39 is 0 Å². The molecule has 1 aromatic carbocycles. The van der Waals surface area contributed by atoms with Crippen molar-refractivity contribution in [1.82, 2.24) is 0 Å². The fourth-order valence-electron chi connectivity index (χ4n) is 2.15. The van der Waals surface area contributed by atoms with Crippen LogP contribution in [0.15, 0.2) is 24.3 Å². The van der Waals surface area contributed by atoms with Gasteiger partial charge in [0.05, 0.1) is 0 Å². The van der Waals surface area contributed by atoms with Crippen LogP contribution in [0, 0.1) is 0 Å². The molecule has 74 valence electrons. The van der Waals surface area contributed by atoms with Crippen molar-refractivity contribution in [2.45, 2.75) is 39.5 Å². The smallest absolute Gasteiger partial charge is 0.0228 e. The number of hydrogen-bond acceptors (Lipinski definition) is 0. The zero-order chi connectivity index (χ0) is 9.97. The molecule has 0 unspecified atom stereocenters. The quantitative estimate of drug-likeness (QED) is 0.622. The summed E-state index contributed by atoms with van der Waals surface area (Å²) in [5, 5.41) is 0. The fraction of sp³-hybridized carbons (Fsp3) is 0.429. The van der Waals surface area contributed by atoms with E-state index in [1.165, 1.54) is 36.8 Å². The summed E-state index contributed by atoms with van der Waals surface area (Å²) in [6.45, 7) is 4.29. The van der Waals surface area contributed by atoms with Crippen LogP contribution in [0.25, 0.3) is 5.57 Å². The van der Waals surface area contributed by atoms with Gasteiger partial charge in [0.1, 0.15) is 0 Å². The van der Waals surface area contributed by atoms with E-state index in [2.05, 4.69) is 38.1 Å². The van der Waals surface area contributed by atoms with Crippen LogP contribution >= 0.6 is 0 Å². The molecule has 1 aliphatic rings. The Morgan fingerprint density at radius 1 is 1.14 bits per heavy atom. The largest absolute Gasteiger partial charge is 0.0841 e. The van der Waals surface area contributed by atoms with E-state index in [9.17, 15) is 0 Å². The second-order valence-electron chi connectivity index (χ2n) is 4.16. The molecule has 0 saturated heterocycles. The average Bonchev–Trinajstić information content (AvgIpc) is 2.27. The molecule has 0 nitrogen and oxygen atoms in total. The molecular weight excluding hydrogens is 168 g/mol. The van der Waals surface area contributed by atoms with Crippen LogP contribution in [0.1, 0.15) is 43.4 Å². The molecular formula is C14H18. The van der Waals surface area contributed by atoms with Gasteiger partial charge in [-0.15, -0.1) is 0 Å². The zero-order valence-electron chi connectivity index (χ0n) is 9.14. The Kier molecular flexibility index (Phi) is 2.72. The Morgan fingerprint density at radius 3 is 2.57 bits per heavy atom. The van der Waals surface area contributed by atoms with E-state index in [4.69, 9.17) is 0 Å². The molecule has 0 fully saturated rings. The van der Waals surface area contributed by atoms with Gasteiger partial charge in [-0.1, -0.05) is 24.3 Å². The van der Waals surface area contributed by atoms with Gasteiger partial charge in [0.15, 0.2) is 0 Å². The van der Waals surface area contributed by atoms with Gasteiger partial charge < -0.3 is 0 Å². The van der Waals surface area contributed by atoms with Crippen molar-refractivity contribution in [3.8, 4) is 0 Å². The van der Waals surface area contributed by atoms with Gasteiger partial charge in [-0.25, -0.2) is 0 Å². The molecule has 0 radical (unpaired) electrons. The van der Waals surface area contributed by atoms with Gasteiger partial charge in [-0.3, -0.25) is 0 Å². The Bertz CT molecular complexity index is 358. The lowest BCUT2D eigenvalue weighted by Crippen LogP contribution is -2.02. The molecule has 2 rings (SSSR count). The molecule has 14 heavy (non-hydrogen) atoms. The van der Waals surface area contributed by atoms with Crippen molar-refractivity contribution < 1.29 is 0 Å². The first-order valence-electron chi connectivity index (χ1n) is 5.56. The summed E-state index contributed by atoms with van der Waals surface area (Å²) in [6, 6.07) is 6.96. The second kappa shape index (κ2) is 4.00. The van der Waals surface area contributed by atoms with Crippen LogP contribution in [0.5, 0.6) is 0 Å². The first-order chi connectivity index (χ1) is 6.81. The fourth-order valence-corrected chi connectivity index (χ4v) is 2.15. The highest BCUT2D eigenvalue weighted by Crippen LogP contribution is 2.24. The molecule has 0 heteroatoms. The lowest BCUT2D eigenvalue weighted by atomic mass is 9.89. The number of fused-ring (bicyclic) bond motifs is 1. The Balaban J connectivity index is 2.38. The SMILES string of the molecule is C/C=C(\C)c1ccc2c(c1)CCCC2. The molecule has 0 aliphatic heterocycles. The Labute approximate surface area is 86.7 Å². The van der Waals surface area contributed by atoms with Crippen molar-refractivity contribution in [2.75, 3.05) is 0 Å². The minimum atomic E-state index is 1.28. The van der Waals surface area contributed by atoms with Crippen LogP contribution in [0.2, 0.25) is 0 Å². The molecule has 0 amide bonds. The number of hydrogen-bond donors (Lipinski definition) is 0. The van der Waals surface area contributed by atoms with Crippen LogP contribution in [-0.4, -0.2) is 0 Å². The third kappa shape index (κ3) is 1.75. The van der Waals surface area contributed by atoms with Crippen molar-refractivity contribution in [3.63, 3.8) is 0 Å². The summed E-state index contributed by atoms with van der Waals surface area (Å²) < 4.78 is 0. The van der Waals surface area contributed by atoms with E-state index >= 15 is 0 Å². The van der Waals surface area contributed by atoms with Gasteiger partial charge in [-0.05, 0) is 61.8 Å². The van der Waals surface area contributed by atoms with Crippen molar-refractivity contribution >= 4 is 5.57 Å². The maximum absolute atomic E-state index is 2.38.